The van der Waals surface area contributed by atoms with Gasteiger partial charge < -0.3 is 10.6 Å². The summed E-state index contributed by atoms with van der Waals surface area (Å²) in [6.07, 6.45) is 2.05. The molecule has 96 valence electrons. The molecule has 0 radical (unpaired) electrons. The summed E-state index contributed by atoms with van der Waals surface area (Å²) >= 11 is 0. The van der Waals surface area contributed by atoms with Crippen LogP contribution < -0.4 is 5.73 Å². The first-order chi connectivity index (χ1) is 8.58. The number of benzene rings is 1. The standard InChI is InChI=1S/C13H14F2N2O/c14-7-1-4-10(15)9(5-7)13-11(16)6-12(18)17(13)8-2-3-8/h1,4-5,8,11,13H,2-3,6,16H2. The van der Waals surface area contributed by atoms with Crippen molar-refractivity contribution in [1.82, 2.24) is 4.90 Å². The number of likely N-dealkylation sites (tertiary alicyclic amines) is 1. The van der Waals surface area contributed by atoms with Gasteiger partial charge in [0.25, 0.3) is 0 Å². The summed E-state index contributed by atoms with van der Waals surface area (Å²) in [5.74, 6) is -1.07. The second-order valence-corrected chi connectivity index (χ2v) is 5.01. The third-order valence-corrected chi connectivity index (χ3v) is 3.62. The van der Waals surface area contributed by atoms with Gasteiger partial charge in [-0.25, -0.2) is 8.78 Å². The monoisotopic (exact) mass is 252 g/mol. The Kier molecular flexibility index (Phi) is 2.59. The Balaban J connectivity index is 2.02. The van der Waals surface area contributed by atoms with Gasteiger partial charge in [-0.2, -0.15) is 0 Å². The van der Waals surface area contributed by atoms with Crippen molar-refractivity contribution in [1.29, 1.82) is 0 Å². The Labute approximate surface area is 104 Å². The summed E-state index contributed by atoms with van der Waals surface area (Å²) in [4.78, 5) is 13.5. The lowest BCUT2D eigenvalue weighted by Gasteiger charge is -2.27. The van der Waals surface area contributed by atoms with Crippen molar-refractivity contribution in [3.8, 4) is 0 Å². The molecule has 2 unspecified atom stereocenters. The molecule has 1 saturated carbocycles. The molecule has 18 heavy (non-hydrogen) atoms. The van der Waals surface area contributed by atoms with Gasteiger partial charge in [0.1, 0.15) is 11.6 Å². The zero-order chi connectivity index (χ0) is 12.9. The van der Waals surface area contributed by atoms with Crippen molar-refractivity contribution < 1.29 is 13.6 Å². The van der Waals surface area contributed by atoms with Crippen LogP contribution in [-0.4, -0.2) is 22.9 Å². The van der Waals surface area contributed by atoms with Gasteiger partial charge in [-0.05, 0) is 31.0 Å². The zero-order valence-electron chi connectivity index (χ0n) is 9.77. The molecular formula is C13H14F2N2O. The van der Waals surface area contributed by atoms with Crippen LogP contribution in [0.3, 0.4) is 0 Å². The van der Waals surface area contributed by atoms with Gasteiger partial charge in [-0.1, -0.05) is 0 Å². The average molecular weight is 252 g/mol. The molecule has 2 aliphatic rings. The van der Waals surface area contributed by atoms with Crippen molar-refractivity contribution in [3.63, 3.8) is 0 Å². The van der Waals surface area contributed by atoms with Gasteiger partial charge in [-0.15, -0.1) is 0 Å². The van der Waals surface area contributed by atoms with E-state index in [1.54, 1.807) is 4.90 Å². The molecule has 1 aliphatic carbocycles. The van der Waals surface area contributed by atoms with E-state index in [-0.39, 0.29) is 23.9 Å². The molecule has 3 rings (SSSR count). The summed E-state index contributed by atoms with van der Waals surface area (Å²) in [6, 6.07) is 2.47. The first kappa shape index (κ1) is 11.6. The maximum atomic E-state index is 13.8. The molecule has 1 aromatic carbocycles. The highest BCUT2D eigenvalue weighted by Crippen LogP contribution is 2.41. The topological polar surface area (TPSA) is 46.3 Å². The van der Waals surface area contributed by atoms with Crippen molar-refractivity contribution in [2.45, 2.75) is 37.4 Å². The molecule has 0 bridgehead atoms. The van der Waals surface area contributed by atoms with Gasteiger partial charge in [-0.3, -0.25) is 4.79 Å². The predicted molar refractivity (Wildman–Crippen MR) is 61.6 cm³/mol. The Bertz CT molecular complexity index is 502. The Morgan fingerprint density at radius 3 is 2.67 bits per heavy atom. The zero-order valence-corrected chi connectivity index (χ0v) is 9.77. The minimum atomic E-state index is -0.527. The number of amides is 1. The fourth-order valence-electron chi connectivity index (χ4n) is 2.69. The molecule has 2 N–H and O–H groups in total. The van der Waals surface area contributed by atoms with E-state index in [2.05, 4.69) is 0 Å². The summed E-state index contributed by atoms with van der Waals surface area (Å²) in [6.45, 7) is 0. The SMILES string of the molecule is NC1CC(=O)N(C2CC2)C1c1cc(F)ccc1F. The number of hydrogen-bond donors (Lipinski definition) is 1. The number of halogens is 2. The van der Waals surface area contributed by atoms with Gasteiger partial charge in [0.05, 0.1) is 6.04 Å². The van der Waals surface area contributed by atoms with Crippen LogP contribution in [0, 0.1) is 11.6 Å². The van der Waals surface area contributed by atoms with Crippen molar-refractivity contribution >= 4 is 5.91 Å². The maximum Gasteiger partial charge on any atom is 0.225 e. The predicted octanol–water partition coefficient (Wildman–Crippen LogP) is 1.73. The van der Waals surface area contributed by atoms with E-state index in [9.17, 15) is 13.6 Å². The highest BCUT2D eigenvalue weighted by atomic mass is 19.1. The fourth-order valence-corrected chi connectivity index (χ4v) is 2.69. The second kappa shape index (κ2) is 4.02. The molecule has 5 heteroatoms. The second-order valence-electron chi connectivity index (χ2n) is 5.01. The van der Waals surface area contributed by atoms with Crippen LogP contribution in [0.4, 0.5) is 8.78 Å². The van der Waals surface area contributed by atoms with Crippen LogP contribution >= 0.6 is 0 Å². The molecule has 2 atom stereocenters. The van der Waals surface area contributed by atoms with Crippen molar-refractivity contribution in [2.24, 2.45) is 5.73 Å². The highest BCUT2D eigenvalue weighted by Gasteiger charge is 2.46. The average Bonchev–Trinajstić information content (AvgIpc) is 3.09. The van der Waals surface area contributed by atoms with Crippen LogP contribution in [0.5, 0.6) is 0 Å². The molecule has 3 nitrogen and oxygen atoms in total. The van der Waals surface area contributed by atoms with Gasteiger partial charge in [0.2, 0.25) is 5.91 Å². The molecule has 0 aromatic heterocycles. The molecule has 1 aliphatic heterocycles. The number of rotatable bonds is 2. The van der Waals surface area contributed by atoms with E-state index in [0.717, 1.165) is 31.0 Å². The molecule has 1 heterocycles. The van der Waals surface area contributed by atoms with E-state index in [1.807, 2.05) is 0 Å². The normalized spacial score (nSPS) is 27.9. The van der Waals surface area contributed by atoms with Crippen molar-refractivity contribution in [2.75, 3.05) is 0 Å². The van der Waals surface area contributed by atoms with E-state index >= 15 is 0 Å². The molecule has 1 aromatic rings. The first-order valence-electron chi connectivity index (χ1n) is 6.09. The first-order valence-corrected chi connectivity index (χ1v) is 6.09. The van der Waals surface area contributed by atoms with E-state index < -0.39 is 23.7 Å². The van der Waals surface area contributed by atoms with Crippen LogP contribution in [0.15, 0.2) is 18.2 Å². The van der Waals surface area contributed by atoms with Crippen LogP contribution in [0.2, 0.25) is 0 Å². The molecule has 1 saturated heterocycles. The van der Waals surface area contributed by atoms with E-state index in [0.29, 0.717) is 0 Å². The molecule has 0 spiro atoms. The summed E-state index contributed by atoms with van der Waals surface area (Å²) in [5, 5.41) is 0. The Morgan fingerprint density at radius 1 is 1.28 bits per heavy atom. The van der Waals surface area contributed by atoms with Gasteiger partial charge in [0.15, 0.2) is 0 Å². The van der Waals surface area contributed by atoms with Crippen LogP contribution in [0.1, 0.15) is 30.9 Å². The fraction of sp³-hybridized carbons (Fsp3) is 0.462. The number of nitrogens with zero attached hydrogens (tertiary/aromatic N) is 1. The molecular weight excluding hydrogens is 238 g/mol. The van der Waals surface area contributed by atoms with Gasteiger partial charge >= 0.3 is 0 Å². The lowest BCUT2D eigenvalue weighted by Crippen LogP contribution is -2.35. The third-order valence-electron chi connectivity index (χ3n) is 3.62. The van der Waals surface area contributed by atoms with Gasteiger partial charge in [0, 0.05) is 24.1 Å². The largest absolute Gasteiger partial charge is 0.331 e. The van der Waals surface area contributed by atoms with Crippen LogP contribution in [-0.2, 0) is 4.79 Å². The summed E-state index contributed by atoms with van der Waals surface area (Å²) in [5.41, 5.74) is 6.12. The Morgan fingerprint density at radius 2 is 2.00 bits per heavy atom. The molecule has 2 fully saturated rings. The minimum absolute atomic E-state index is 0.0568. The lowest BCUT2D eigenvalue weighted by molar-refractivity contribution is -0.129. The van der Waals surface area contributed by atoms with E-state index in [1.165, 1.54) is 0 Å². The summed E-state index contributed by atoms with van der Waals surface area (Å²) < 4.78 is 27.1. The maximum absolute atomic E-state index is 13.8. The number of hydrogen-bond acceptors (Lipinski definition) is 2. The van der Waals surface area contributed by atoms with Crippen LogP contribution in [0.25, 0.3) is 0 Å². The number of carbonyl (C=O) groups is 1. The van der Waals surface area contributed by atoms with Crippen molar-refractivity contribution in [3.05, 3.63) is 35.4 Å². The highest BCUT2D eigenvalue weighted by molar-refractivity contribution is 5.81. The third kappa shape index (κ3) is 1.79. The molecule has 1 amide bonds. The Hall–Kier alpha value is -1.49. The lowest BCUT2D eigenvalue weighted by atomic mass is 10.00. The summed E-state index contributed by atoms with van der Waals surface area (Å²) in [7, 11) is 0. The van der Waals surface area contributed by atoms with E-state index in [4.69, 9.17) is 5.73 Å². The smallest absolute Gasteiger partial charge is 0.225 e. The number of nitrogens with two attached hydrogens (primary N) is 1. The quantitative estimate of drug-likeness (QED) is 0.871. The number of carbonyl (C=O) groups excluding carboxylic acids is 1. The minimum Gasteiger partial charge on any atom is -0.331 e.